The van der Waals surface area contributed by atoms with Gasteiger partial charge in [-0.25, -0.2) is 0 Å². The predicted molar refractivity (Wildman–Crippen MR) is 137 cm³/mol. The van der Waals surface area contributed by atoms with Crippen LogP contribution in [0.4, 0.5) is 5.69 Å². The van der Waals surface area contributed by atoms with Crippen molar-refractivity contribution >= 4 is 29.1 Å². The monoisotopic (exact) mass is 477 g/mol. The highest BCUT2D eigenvalue weighted by Crippen LogP contribution is 2.29. The smallest absolute Gasteiger partial charge is 0.308 e. The van der Waals surface area contributed by atoms with Gasteiger partial charge in [-0.05, 0) is 86.2 Å². The van der Waals surface area contributed by atoms with E-state index in [-0.39, 0.29) is 6.04 Å². The number of amides is 2. The van der Waals surface area contributed by atoms with Crippen LogP contribution in [0.1, 0.15) is 52.5 Å². The third-order valence-electron chi connectivity index (χ3n) is 5.83. The first-order valence-corrected chi connectivity index (χ1v) is 11.4. The van der Waals surface area contributed by atoms with Crippen LogP contribution in [0, 0.1) is 25.7 Å². The van der Waals surface area contributed by atoms with Crippen LogP contribution < -0.4 is 10.6 Å². The van der Waals surface area contributed by atoms with Gasteiger partial charge >= 0.3 is 5.91 Å². The summed E-state index contributed by atoms with van der Waals surface area (Å²) >= 11 is 6.16. The van der Waals surface area contributed by atoms with Crippen molar-refractivity contribution in [3.05, 3.63) is 92.3 Å². The molecular formula is C27H28ClN3O3. The molecular weight excluding hydrogens is 450 g/mol. The summed E-state index contributed by atoms with van der Waals surface area (Å²) in [6, 6.07) is 17.1. The maximum Gasteiger partial charge on any atom is 0.308 e. The Hall–Kier alpha value is -3.51. The van der Waals surface area contributed by atoms with Crippen LogP contribution in [0.15, 0.2) is 59.8 Å². The minimum absolute atomic E-state index is 0.0892. The van der Waals surface area contributed by atoms with Crippen molar-refractivity contribution in [2.75, 3.05) is 5.32 Å². The number of anilines is 1. The van der Waals surface area contributed by atoms with Crippen molar-refractivity contribution < 1.29 is 9.59 Å². The average Bonchev–Trinajstić information content (AvgIpc) is 2.79. The molecule has 7 heteroatoms. The van der Waals surface area contributed by atoms with Crippen molar-refractivity contribution in [1.82, 2.24) is 5.32 Å². The Balaban J connectivity index is 1.83. The number of nitroso groups, excluding NO2 is 1. The van der Waals surface area contributed by atoms with E-state index < -0.39 is 17.9 Å². The Labute approximate surface area is 204 Å². The van der Waals surface area contributed by atoms with Crippen LogP contribution in [0.3, 0.4) is 0 Å². The second-order valence-corrected chi connectivity index (χ2v) is 8.97. The minimum atomic E-state index is -0.974. The third-order valence-corrected chi connectivity index (χ3v) is 6.25. The van der Waals surface area contributed by atoms with Crippen molar-refractivity contribution in [3.63, 3.8) is 0 Å². The molecule has 0 saturated carbocycles. The molecule has 0 saturated heterocycles. The number of aryl methyl sites for hydroxylation is 3. The van der Waals surface area contributed by atoms with Gasteiger partial charge in [0.2, 0.25) is 0 Å². The highest BCUT2D eigenvalue weighted by atomic mass is 35.5. The molecule has 3 aromatic carbocycles. The number of hydrogen-bond donors (Lipinski definition) is 2. The molecule has 0 heterocycles. The van der Waals surface area contributed by atoms with Crippen LogP contribution in [-0.2, 0) is 4.79 Å². The quantitative estimate of drug-likeness (QED) is 0.379. The summed E-state index contributed by atoms with van der Waals surface area (Å²) in [4.78, 5) is 34.5. The van der Waals surface area contributed by atoms with Crippen molar-refractivity contribution in [3.8, 4) is 11.1 Å². The average molecular weight is 478 g/mol. The lowest BCUT2D eigenvalue weighted by molar-refractivity contribution is -0.119. The van der Waals surface area contributed by atoms with Crippen molar-refractivity contribution in [2.45, 2.75) is 46.7 Å². The second-order valence-electron chi connectivity index (χ2n) is 8.57. The van der Waals surface area contributed by atoms with Gasteiger partial charge in [0, 0.05) is 27.5 Å². The first kappa shape index (κ1) is 25.1. The van der Waals surface area contributed by atoms with Crippen LogP contribution >= 0.6 is 11.6 Å². The maximum atomic E-state index is 12.7. The minimum Gasteiger partial charge on any atom is -0.379 e. The number of carbonyl (C=O) groups is 2. The van der Waals surface area contributed by atoms with Gasteiger partial charge in [0.1, 0.15) is 6.04 Å². The SMILES string of the molecule is Cc1cc([C@@H](C)Nc2cccc(-c3cc(C)c(C(=O)N[C@@H](C)C(=O)N=O)c(C)c3)c2)ccc1Cl. The zero-order chi connectivity index (χ0) is 25.0. The van der Waals surface area contributed by atoms with Gasteiger partial charge in [0.05, 0.1) is 0 Å². The Morgan fingerprint density at radius 2 is 1.56 bits per heavy atom. The fraction of sp³-hybridized carbons (Fsp3) is 0.259. The van der Waals surface area contributed by atoms with Crippen molar-refractivity contribution in [2.24, 2.45) is 5.18 Å². The molecule has 0 unspecified atom stereocenters. The number of rotatable bonds is 7. The topological polar surface area (TPSA) is 87.6 Å². The number of hydrogen-bond acceptors (Lipinski definition) is 4. The Kier molecular flexibility index (Phi) is 7.84. The Morgan fingerprint density at radius 1 is 0.882 bits per heavy atom. The first-order chi connectivity index (χ1) is 16.1. The number of benzene rings is 3. The van der Waals surface area contributed by atoms with Gasteiger partial charge in [0.15, 0.2) is 0 Å². The predicted octanol–water partition coefficient (Wildman–Crippen LogP) is 6.52. The molecule has 3 rings (SSSR count). The number of carbonyl (C=O) groups excluding carboxylic acids is 2. The molecule has 0 aliphatic rings. The van der Waals surface area contributed by atoms with E-state index in [1.807, 2.05) is 63.2 Å². The van der Waals surface area contributed by atoms with Crippen LogP contribution in [-0.4, -0.2) is 17.9 Å². The van der Waals surface area contributed by atoms with Crippen molar-refractivity contribution in [1.29, 1.82) is 0 Å². The number of halogens is 1. The summed E-state index contributed by atoms with van der Waals surface area (Å²) in [5, 5.41) is 9.21. The van der Waals surface area contributed by atoms with Gasteiger partial charge in [-0.1, -0.05) is 48.0 Å². The molecule has 2 N–H and O–H groups in total. The van der Waals surface area contributed by atoms with Gasteiger partial charge in [-0.3, -0.25) is 9.59 Å². The number of nitrogens with one attached hydrogen (secondary N) is 2. The molecule has 0 radical (unpaired) electrons. The fourth-order valence-electron chi connectivity index (χ4n) is 3.96. The summed E-state index contributed by atoms with van der Waals surface area (Å²) in [5.74, 6) is -1.32. The first-order valence-electron chi connectivity index (χ1n) is 11.0. The highest BCUT2D eigenvalue weighted by molar-refractivity contribution is 6.31. The highest BCUT2D eigenvalue weighted by Gasteiger charge is 2.20. The molecule has 6 nitrogen and oxygen atoms in total. The van der Waals surface area contributed by atoms with Gasteiger partial charge in [-0.2, -0.15) is 0 Å². The summed E-state index contributed by atoms with van der Waals surface area (Å²) in [5.41, 5.74) is 7.17. The lowest BCUT2D eigenvalue weighted by Gasteiger charge is -2.18. The molecule has 0 spiro atoms. The third kappa shape index (κ3) is 5.69. The normalized spacial score (nSPS) is 12.5. The summed E-state index contributed by atoms with van der Waals surface area (Å²) in [6.45, 7) is 9.23. The zero-order valence-corrected chi connectivity index (χ0v) is 20.7. The molecule has 0 bridgehead atoms. The van der Waals surface area contributed by atoms with Crippen LogP contribution in [0.25, 0.3) is 11.1 Å². The van der Waals surface area contributed by atoms with E-state index >= 15 is 0 Å². The molecule has 3 aromatic rings. The lowest BCUT2D eigenvalue weighted by Crippen LogP contribution is -2.38. The molecule has 34 heavy (non-hydrogen) atoms. The zero-order valence-electron chi connectivity index (χ0n) is 19.9. The van der Waals surface area contributed by atoms with E-state index in [4.69, 9.17) is 11.6 Å². The van der Waals surface area contributed by atoms with E-state index in [2.05, 4.69) is 34.9 Å². The van der Waals surface area contributed by atoms with E-state index in [9.17, 15) is 14.5 Å². The molecule has 0 fully saturated rings. The molecule has 0 aliphatic heterocycles. The maximum absolute atomic E-state index is 12.7. The summed E-state index contributed by atoms with van der Waals surface area (Å²) in [7, 11) is 0. The van der Waals surface area contributed by atoms with E-state index in [1.54, 1.807) is 0 Å². The summed E-state index contributed by atoms with van der Waals surface area (Å²) in [6.07, 6.45) is 0. The van der Waals surface area contributed by atoms with Gasteiger partial charge < -0.3 is 10.6 Å². The fourth-order valence-corrected chi connectivity index (χ4v) is 4.07. The van der Waals surface area contributed by atoms with Crippen LogP contribution in [0.5, 0.6) is 0 Å². The Bertz CT molecular complexity index is 1230. The summed E-state index contributed by atoms with van der Waals surface area (Å²) < 4.78 is 0. The molecule has 176 valence electrons. The van der Waals surface area contributed by atoms with E-state index in [1.165, 1.54) is 6.92 Å². The lowest BCUT2D eigenvalue weighted by atomic mass is 9.94. The molecule has 0 aromatic heterocycles. The molecule has 0 aliphatic carbocycles. The van der Waals surface area contributed by atoms with E-state index in [0.29, 0.717) is 5.56 Å². The number of nitrogens with zero attached hydrogens (tertiary/aromatic N) is 1. The largest absolute Gasteiger partial charge is 0.379 e. The van der Waals surface area contributed by atoms with Crippen LogP contribution in [0.2, 0.25) is 5.02 Å². The molecule has 2 amide bonds. The standard InChI is InChI=1S/C27H28ClN3O3/c1-15-11-20(9-10-24(15)28)18(4)29-23-8-6-7-21(14-23)22-12-16(2)25(17(3)13-22)27(33)30-19(5)26(32)31-34/h6-14,18-19,29H,1-5H3,(H,30,33)/t18-,19+/m1/s1. The molecule has 2 atom stereocenters. The van der Waals surface area contributed by atoms with E-state index in [0.717, 1.165) is 44.1 Å². The Morgan fingerprint density at radius 3 is 2.18 bits per heavy atom. The van der Waals surface area contributed by atoms with Gasteiger partial charge in [-0.15, -0.1) is 4.91 Å². The second kappa shape index (κ2) is 10.6. The van der Waals surface area contributed by atoms with Gasteiger partial charge in [0.25, 0.3) is 5.91 Å².